The van der Waals surface area contributed by atoms with Crippen LogP contribution in [-0.2, 0) is 12.0 Å². The lowest BCUT2D eigenvalue weighted by Crippen LogP contribution is -2.40. The Labute approximate surface area is 121 Å². The second kappa shape index (κ2) is 4.20. The van der Waals surface area contributed by atoms with Gasteiger partial charge >= 0.3 is 0 Å². The van der Waals surface area contributed by atoms with Gasteiger partial charge in [0, 0.05) is 6.04 Å². The quantitative estimate of drug-likeness (QED) is 0.742. The van der Waals surface area contributed by atoms with Crippen molar-refractivity contribution >= 4 is 0 Å². The molecule has 2 aliphatic rings. The topological polar surface area (TPSA) is 3.24 Å². The number of benzene rings is 2. The van der Waals surface area contributed by atoms with Crippen molar-refractivity contribution in [2.75, 3.05) is 7.05 Å². The third-order valence-corrected chi connectivity index (χ3v) is 5.50. The molecule has 2 atom stereocenters. The van der Waals surface area contributed by atoms with Gasteiger partial charge in [0.25, 0.3) is 0 Å². The molecular weight excluding hydrogens is 242 g/mol. The van der Waals surface area contributed by atoms with E-state index >= 15 is 0 Å². The largest absolute Gasteiger partial charge is 0.286 e. The molecule has 2 aromatic carbocycles. The molecule has 0 radical (unpaired) electrons. The van der Waals surface area contributed by atoms with E-state index in [1.807, 2.05) is 0 Å². The first-order valence-corrected chi connectivity index (χ1v) is 7.69. The fourth-order valence-corrected chi connectivity index (χ4v) is 4.58. The Kier molecular flexibility index (Phi) is 2.55. The van der Waals surface area contributed by atoms with Crippen LogP contribution >= 0.6 is 0 Å². The monoisotopic (exact) mass is 263 g/mol. The van der Waals surface area contributed by atoms with Crippen molar-refractivity contribution in [1.82, 2.24) is 4.90 Å². The summed E-state index contributed by atoms with van der Waals surface area (Å²) in [7, 11) is 2.32. The first-order chi connectivity index (χ1) is 9.79. The smallest absolute Gasteiger partial charge is 0.0721 e. The maximum Gasteiger partial charge on any atom is 0.0721 e. The maximum absolute atomic E-state index is 2.63. The highest BCUT2D eigenvalue weighted by Gasteiger charge is 2.50. The summed E-state index contributed by atoms with van der Waals surface area (Å²) in [5, 5.41) is 0. The molecule has 0 N–H and O–H groups in total. The van der Waals surface area contributed by atoms with Crippen LogP contribution in [-0.4, -0.2) is 11.9 Å². The molecule has 0 fully saturated rings. The van der Waals surface area contributed by atoms with Crippen molar-refractivity contribution in [1.29, 1.82) is 0 Å². The van der Waals surface area contributed by atoms with E-state index in [0.29, 0.717) is 6.04 Å². The standard InChI is InChI=1S/C19H21N/c1-3-19-16-10-6-4-8-14(16)12-13-18(20(19)2)15-9-5-7-11-17(15)19/h4-11,18H,3,12-13H2,1-2H3. The number of hydrogen-bond donors (Lipinski definition) is 0. The van der Waals surface area contributed by atoms with Crippen molar-refractivity contribution in [2.45, 2.75) is 37.8 Å². The van der Waals surface area contributed by atoms with Crippen LogP contribution < -0.4 is 0 Å². The molecular formula is C19H21N. The molecule has 2 aliphatic heterocycles. The minimum absolute atomic E-state index is 0.0777. The van der Waals surface area contributed by atoms with Gasteiger partial charge < -0.3 is 0 Å². The zero-order chi connectivity index (χ0) is 13.7. The second-order valence-electron chi connectivity index (χ2n) is 6.12. The summed E-state index contributed by atoms with van der Waals surface area (Å²) in [6.45, 7) is 2.33. The first-order valence-electron chi connectivity index (χ1n) is 7.69. The molecule has 0 spiro atoms. The second-order valence-corrected chi connectivity index (χ2v) is 6.12. The number of fused-ring (bicyclic) bond motifs is 7. The summed E-state index contributed by atoms with van der Waals surface area (Å²) in [5.74, 6) is 0. The summed E-state index contributed by atoms with van der Waals surface area (Å²) in [4.78, 5) is 2.63. The van der Waals surface area contributed by atoms with Gasteiger partial charge in [-0.1, -0.05) is 55.5 Å². The van der Waals surface area contributed by atoms with E-state index in [1.165, 1.54) is 24.0 Å². The summed E-state index contributed by atoms with van der Waals surface area (Å²) >= 11 is 0. The fourth-order valence-electron chi connectivity index (χ4n) is 4.58. The van der Waals surface area contributed by atoms with Gasteiger partial charge in [0.2, 0.25) is 0 Å². The van der Waals surface area contributed by atoms with Crippen LogP contribution in [0.5, 0.6) is 0 Å². The van der Waals surface area contributed by atoms with Gasteiger partial charge in [-0.05, 0) is 48.6 Å². The summed E-state index contributed by atoms with van der Waals surface area (Å²) in [5.41, 5.74) is 6.22. The normalized spacial score (nSPS) is 27.8. The minimum atomic E-state index is 0.0777. The van der Waals surface area contributed by atoms with Crippen LogP contribution in [0.2, 0.25) is 0 Å². The molecule has 102 valence electrons. The van der Waals surface area contributed by atoms with E-state index < -0.39 is 0 Å². The third-order valence-electron chi connectivity index (χ3n) is 5.50. The van der Waals surface area contributed by atoms with Gasteiger partial charge in [-0.15, -0.1) is 0 Å². The number of nitrogens with zero attached hydrogens (tertiary/aromatic N) is 1. The van der Waals surface area contributed by atoms with Gasteiger partial charge in [0.05, 0.1) is 5.54 Å². The van der Waals surface area contributed by atoms with Gasteiger partial charge in [-0.25, -0.2) is 0 Å². The molecule has 0 amide bonds. The molecule has 2 bridgehead atoms. The zero-order valence-electron chi connectivity index (χ0n) is 12.3. The van der Waals surface area contributed by atoms with Crippen LogP contribution in [0, 0.1) is 0 Å². The van der Waals surface area contributed by atoms with Crippen LogP contribution in [0.25, 0.3) is 0 Å². The Morgan fingerprint density at radius 3 is 2.55 bits per heavy atom. The highest BCUT2D eigenvalue weighted by molar-refractivity contribution is 5.52. The van der Waals surface area contributed by atoms with E-state index in [4.69, 9.17) is 0 Å². The average molecular weight is 263 g/mol. The van der Waals surface area contributed by atoms with Crippen molar-refractivity contribution < 1.29 is 0 Å². The lowest BCUT2D eigenvalue weighted by molar-refractivity contribution is 0.131. The van der Waals surface area contributed by atoms with Gasteiger partial charge in [-0.2, -0.15) is 0 Å². The highest BCUT2D eigenvalue weighted by atomic mass is 15.2. The molecule has 0 aromatic heterocycles. The third kappa shape index (κ3) is 1.31. The lowest BCUT2D eigenvalue weighted by Gasteiger charge is -2.38. The Hall–Kier alpha value is -1.60. The fraction of sp³-hybridized carbons (Fsp3) is 0.368. The zero-order valence-corrected chi connectivity index (χ0v) is 12.3. The van der Waals surface area contributed by atoms with Gasteiger partial charge in [0.1, 0.15) is 0 Å². The molecule has 2 unspecified atom stereocenters. The van der Waals surface area contributed by atoms with Crippen LogP contribution in [0.15, 0.2) is 48.5 Å². The number of hydrogen-bond acceptors (Lipinski definition) is 1. The first kappa shape index (κ1) is 12.2. The average Bonchev–Trinajstić information content (AvgIpc) is 2.65. The van der Waals surface area contributed by atoms with E-state index in [1.54, 1.807) is 11.1 Å². The summed E-state index contributed by atoms with van der Waals surface area (Å²) in [6.07, 6.45) is 3.56. The van der Waals surface area contributed by atoms with Gasteiger partial charge in [-0.3, -0.25) is 4.90 Å². The predicted molar refractivity (Wildman–Crippen MR) is 82.8 cm³/mol. The minimum Gasteiger partial charge on any atom is -0.286 e. The lowest BCUT2D eigenvalue weighted by atomic mass is 9.77. The summed E-state index contributed by atoms with van der Waals surface area (Å²) in [6, 6.07) is 18.7. The Balaban J connectivity index is 2.08. The molecule has 20 heavy (non-hydrogen) atoms. The Morgan fingerprint density at radius 2 is 1.75 bits per heavy atom. The van der Waals surface area contributed by atoms with E-state index in [9.17, 15) is 0 Å². The van der Waals surface area contributed by atoms with Gasteiger partial charge in [0.15, 0.2) is 0 Å². The molecule has 0 saturated carbocycles. The highest BCUT2D eigenvalue weighted by Crippen LogP contribution is 2.54. The Morgan fingerprint density at radius 1 is 1.05 bits per heavy atom. The maximum atomic E-state index is 2.63. The van der Waals surface area contributed by atoms with Crippen molar-refractivity contribution in [3.63, 3.8) is 0 Å². The van der Waals surface area contributed by atoms with Crippen LogP contribution in [0.1, 0.15) is 48.1 Å². The van der Waals surface area contributed by atoms with E-state index in [0.717, 1.165) is 6.42 Å². The predicted octanol–water partition coefficient (Wildman–Crippen LogP) is 4.27. The van der Waals surface area contributed by atoms with E-state index in [-0.39, 0.29) is 5.54 Å². The Bertz CT molecular complexity index is 660. The SMILES string of the molecule is CCC12c3ccccc3CCC(c3ccccc31)N2C. The summed E-state index contributed by atoms with van der Waals surface area (Å²) < 4.78 is 0. The molecule has 0 saturated heterocycles. The number of aryl methyl sites for hydroxylation is 1. The molecule has 2 aromatic rings. The van der Waals surface area contributed by atoms with Crippen molar-refractivity contribution in [2.24, 2.45) is 0 Å². The molecule has 2 heterocycles. The molecule has 0 aliphatic carbocycles. The number of rotatable bonds is 1. The van der Waals surface area contributed by atoms with Crippen LogP contribution in [0.4, 0.5) is 0 Å². The molecule has 1 heteroatoms. The van der Waals surface area contributed by atoms with E-state index in [2.05, 4.69) is 67.4 Å². The van der Waals surface area contributed by atoms with Crippen molar-refractivity contribution in [3.8, 4) is 0 Å². The van der Waals surface area contributed by atoms with Crippen LogP contribution in [0.3, 0.4) is 0 Å². The molecule has 1 nitrogen and oxygen atoms in total. The van der Waals surface area contributed by atoms with Crippen molar-refractivity contribution in [3.05, 3.63) is 70.8 Å². The molecule has 4 rings (SSSR count).